The molecule has 1 nitrogen and oxygen atoms in total. The fourth-order valence-electron chi connectivity index (χ4n) is 3.00. The van der Waals surface area contributed by atoms with Crippen LogP contribution in [-0.4, -0.2) is 5.11 Å². The van der Waals surface area contributed by atoms with Gasteiger partial charge < -0.3 is 5.11 Å². The van der Waals surface area contributed by atoms with Crippen LogP contribution in [0.2, 0.25) is 0 Å². The summed E-state index contributed by atoms with van der Waals surface area (Å²) >= 11 is 0. The Morgan fingerprint density at radius 1 is 1.35 bits per heavy atom. The van der Waals surface area contributed by atoms with Crippen molar-refractivity contribution >= 4 is 0 Å². The SMILES string of the molecule is CC1(C)CCC[C@@H]([C@H](O)c2ccccc2F)C1. The van der Waals surface area contributed by atoms with Gasteiger partial charge >= 0.3 is 0 Å². The van der Waals surface area contributed by atoms with Crippen molar-refractivity contribution in [3.63, 3.8) is 0 Å². The predicted octanol–water partition coefficient (Wildman–Crippen LogP) is 4.08. The molecule has 1 aliphatic carbocycles. The monoisotopic (exact) mass is 236 g/mol. The summed E-state index contributed by atoms with van der Waals surface area (Å²) in [6.45, 7) is 4.46. The van der Waals surface area contributed by atoms with E-state index in [0.717, 1.165) is 19.3 Å². The number of aliphatic hydroxyl groups excluding tert-OH is 1. The molecule has 1 fully saturated rings. The highest BCUT2D eigenvalue weighted by Gasteiger charge is 2.33. The molecule has 0 radical (unpaired) electrons. The van der Waals surface area contributed by atoms with E-state index in [1.807, 2.05) is 0 Å². The molecule has 2 atom stereocenters. The van der Waals surface area contributed by atoms with E-state index < -0.39 is 6.10 Å². The number of hydrogen-bond donors (Lipinski definition) is 1. The van der Waals surface area contributed by atoms with Crippen LogP contribution < -0.4 is 0 Å². The van der Waals surface area contributed by atoms with E-state index in [9.17, 15) is 9.50 Å². The summed E-state index contributed by atoms with van der Waals surface area (Å²) in [7, 11) is 0. The van der Waals surface area contributed by atoms with Gasteiger partial charge in [-0.05, 0) is 36.7 Å². The number of halogens is 1. The lowest BCUT2D eigenvalue weighted by Crippen LogP contribution is -2.27. The molecule has 0 saturated heterocycles. The van der Waals surface area contributed by atoms with E-state index in [1.54, 1.807) is 18.2 Å². The molecule has 0 unspecified atom stereocenters. The average molecular weight is 236 g/mol. The normalized spacial score (nSPS) is 25.5. The van der Waals surface area contributed by atoms with Crippen LogP contribution in [0.1, 0.15) is 51.2 Å². The van der Waals surface area contributed by atoms with Crippen molar-refractivity contribution in [2.75, 3.05) is 0 Å². The lowest BCUT2D eigenvalue weighted by atomic mass is 9.70. The Balaban J connectivity index is 2.15. The summed E-state index contributed by atoms with van der Waals surface area (Å²) in [5, 5.41) is 10.3. The first-order chi connectivity index (χ1) is 7.99. The molecule has 94 valence electrons. The van der Waals surface area contributed by atoms with Crippen LogP contribution in [0.4, 0.5) is 4.39 Å². The molecule has 0 aliphatic heterocycles. The second-order valence-electron chi connectivity index (χ2n) is 5.99. The molecule has 0 heterocycles. The Morgan fingerprint density at radius 3 is 2.71 bits per heavy atom. The van der Waals surface area contributed by atoms with Gasteiger partial charge in [-0.3, -0.25) is 0 Å². The predicted molar refractivity (Wildman–Crippen MR) is 67.1 cm³/mol. The number of aliphatic hydroxyl groups is 1. The zero-order chi connectivity index (χ0) is 12.5. The Hall–Kier alpha value is -0.890. The zero-order valence-corrected chi connectivity index (χ0v) is 10.6. The van der Waals surface area contributed by atoms with E-state index in [0.29, 0.717) is 5.56 Å². The van der Waals surface area contributed by atoms with Gasteiger partial charge in [-0.1, -0.05) is 38.5 Å². The lowest BCUT2D eigenvalue weighted by molar-refractivity contribution is 0.0437. The van der Waals surface area contributed by atoms with E-state index >= 15 is 0 Å². The lowest BCUT2D eigenvalue weighted by Gasteiger charge is -2.37. The summed E-state index contributed by atoms with van der Waals surface area (Å²) in [5.41, 5.74) is 0.727. The molecule has 1 aromatic rings. The van der Waals surface area contributed by atoms with Gasteiger partial charge in [0.15, 0.2) is 0 Å². The third kappa shape index (κ3) is 2.86. The van der Waals surface area contributed by atoms with Crippen LogP contribution in [-0.2, 0) is 0 Å². The van der Waals surface area contributed by atoms with E-state index in [1.165, 1.54) is 12.5 Å². The van der Waals surface area contributed by atoms with E-state index in [4.69, 9.17) is 0 Å². The van der Waals surface area contributed by atoms with Crippen molar-refractivity contribution < 1.29 is 9.50 Å². The highest BCUT2D eigenvalue weighted by atomic mass is 19.1. The van der Waals surface area contributed by atoms with Crippen molar-refractivity contribution in [3.05, 3.63) is 35.6 Å². The molecule has 0 aromatic heterocycles. The van der Waals surface area contributed by atoms with Crippen LogP contribution in [0.15, 0.2) is 24.3 Å². The zero-order valence-electron chi connectivity index (χ0n) is 10.6. The molecule has 0 spiro atoms. The minimum atomic E-state index is -0.657. The van der Waals surface area contributed by atoms with Gasteiger partial charge in [0.2, 0.25) is 0 Å². The molecule has 0 amide bonds. The largest absolute Gasteiger partial charge is 0.388 e. The Kier molecular flexibility index (Phi) is 3.53. The summed E-state index contributed by atoms with van der Waals surface area (Å²) in [5.74, 6) is -0.0981. The maximum Gasteiger partial charge on any atom is 0.129 e. The molecule has 1 N–H and O–H groups in total. The summed E-state index contributed by atoms with van der Waals surface area (Å²) < 4.78 is 13.6. The fraction of sp³-hybridized carbons (Fsp3) is 0.600. The first kappa shape index (κ1) is 12.6. The first-order valence-corrected chi connectivity index (χ1v) is 6.42. The van der Waals surface area contributed by atoms with Crippen molar-refractivity contribution in [1.29, 1.82) is 0 Å². The molecule has 1 aliphatic rings. The molecule has 2 rings (SSSR count). The quantitative estimate of drug-likeness (QED) is 0.820. The van der Waals surface area contributed by atoms with Crippen molar-refractivity contribution in [1.82, 2.24) is 0 Å². The summed E-state index contributed by atoms with van der Waals surface area (Å²) in [4.78, 5) is 0. The van der Waals surface area contributed by atoms with Crippen molar-refractivity contribution in [3.8, 4) is 0 Å². The molecule has 0 bridgehead atoms. The smallest absolute Gasteiger partial charge is 0.129 e. The second-order valence-corrected chi connectivity index (χ2v) is 5.99. The van der Waals surface area contributed by atoms with Crippen LogP contribution in [0.3, 0.4) is 0 Å². The number of benzene rings is 1. The summed E-state index contributed by atoms with van der Waals surface area (Å²) in [6, 6.07) is 6.57. The van der Waals surface area contributed by atoms with Crippen LogP contribution in [0.25, 0.3) is 0 Å². The minimum Gasteiger partial charge on any atom is -0.388 e. The fourth-order valence-corrected chi connectivity index (χ4v) is 3.00. The standard InChI is InChI=1S/C15H21FO/c1-15(2)9-5-6-11(10-15)14(17)12-7-3-4-8-13(12)16/h3-4,7-8,11,14,17H,5-6,9-10H2,1-2H3/t11-,14+/m1/s1. The van der Waals surface area contributed by atoms with E-state index in [-0.39, 0.29) is 17.2 Å². The molecule has 1 saturated carbocycles. The average Bonchev–Trinajstić information content (AvgIpc) is 2.27. The van der Waals surface area contributed by atoms with Gasteiger partial charge in [-0.25, -0.2) is 4.39 Å². The topological polar surface area (TPSA) is 20.2 Å². The molecule has 2 heteroatoms. The van der Waals surface area contributed by atoms with Gasteiger partial charge in [0.25, 0.3) is 0 Å². The Labute approximate surface area is 103 Å². The maximum atomic E-state index is 13.6. The molecular weight excluding hydrogens is 215 g/mol. The van der Waals surface area contributed by atoms with Gasteiger partial charge in [0, 0.05) is 5.56 Å². The highest BCUT2D eigenvalue weighted by molar-refractivity contribution is 5.20. The minimum absolute atomic E-state index is 0.190. The molecule has 17 heavy (non-hydrogen) atoms. The van der Waals surface area contributed by atoms with Gasteiger partial charge in [0.1, 0.15) is 5.82 Å². The molecule has 1 aromatic carbocycles. The van der Waals surface area contributed by atoms with Crippen molar-refractivity contribution in [2.45, 2.75) is 45.6 Å². The van der Waals surface area contributed by atoms with Crippen LogP contribution in [0, 0.1) is 17.2 Å². The number of rotatable bonds is 2. The Bertz CT molecular complexity index is 386. The van der Waals surface area contributed by atoms with Gasteiger partial charge in [0.05, 0.1) is 6.10 Å². The second kappa shape index (κ2) is 4.77. The highest BCUT2D eigenvalue weighted by Crippen LogP contribution is 2.43. The number of hydrogen-bond acceptors (Lipinski definition) is 1. The van der Waals surface area contributed by atoms with E-state index in [2.05, 4.69) is 13.8 Å². The first-order valence-electron chi connectivity index (χ1n) is 6.42. The molecular formula is C15H21FO. The van der Waals surface area contributed by atoms with Crippen LogP contribution >= 0.6 is 0 Å². The third-order valence-corrected chi connectivity index (χ3v) is 3.91. The third-order valence-electron chi connectivity index (χ3n) is 3.91. The van der Waals surface area contributed by atoms with Gasteiger partial charge in [-0.2, -0.15) is 0 Å². The van der Waals surface area contributed by atoms with Crippen LogP contribution in [0.5, 0.6) is 0 Å². The van der Waals surface area contributed by atoms with Gasteiger partial charge in [-0.15, -0.1) is 0 Å². The summed E-state index contributed by atoms with van der Waals surface area (Å²) in [6.07, 6.45) is 3.65. The van der Waals surface area contributed by atoms with Crippen molar-refractivity contribution in [2.24, 2.45) is 11.3 Å². The maximum absolute atomic E-state index is 13.6. The Morgan fingerprint density at radius 2 is 2.06 bits per heavy atom.